The molecular weight excluding hydrogens is 310 g/mol. The maximum atomic E-state index is 11.9. The van der Waals surface area contributed by atoms with Crippen molar-refractivity contribution in [2.24, 2.45) is 0 Å². The van der Waals surface area contributed by atoms with Crippen molar-refractivity contribution in [2.75, 3.05) is 6.54 Å². The molecule has 0 saturated carbocycles. The van der Waals surface area contributed by atoms with Gasteiger partial charge in [-0.1, -0.05) is 60.7 Å². The van der Waals surface area contributed by atoms with Crippen molar-refractivity contribution >= 4 is 5.91 Å². The Kier molecular flexibility index (Phi) is 5.88. The molecule has 0 aliphatic rings. The number of aryl methyl sites for hydroxylation is 1. The Hall–Kier alpha value is -3.01. The van der Waals surface area contributed by atoms with Gasteiger partial charge in [0, 0.05) is 30.9 Å². The highest BCUT2D eigenvalue weighted by Crippen LogP contribution is 2.13. The van der Waals surface area contributed by atoms with Gasteiger partial charge in [-0.3, -0.25) is 4.79 Å². The van der Waals surface area contributed by atoms with Gasteiger partial charge < -0.3 is 5.32 Å². The van der Waals surface area contributed by atoms with E-state index in [-0.39, 0.29) is 5.91 Å². The van der Waals surface area contributed by atoms with E-state index < -0.39 is 0 Å². The summed E-state index contributed by atoms with van der Waals surface area (Å²) in [7, 11) is 0. The van der Waals surface area contributed by atoms with E-state index >= 15 is 0 Å². The summed E-state index contributed by atoms with van der Waals surface area (Å²) in [5.74, 6) is 0.793. The van der Waals surface area contributed by atoms with Crippen LogP contribution in [0.3, 0.4) is 0 Å². The number of aromatic nitrogens is 2. The van der Waals surface area contributed by atoms with E-state index in [1.54, 1.807) is 0 Å². The van der Waals surface area contributed by atoms with Crippen LogP contribution in [0.5, 0.6) is 0 Å². The maximum absolute atomic E-state index is 11.9. The molecule has 0 saturated heterocycles. The van der Waals surface area contributed by atoms with E-state index in [1.165, 1.54) is 5.56 Å². The van der Waals surface area contributed by atoms with Crippen LogP contribution in [-0.4, -0.2) is 22.4 Å². The molecule has 25 heavy (non-hydrogen) atoms. The number of hydrogen-bond acceptors (Lipinski definition) is 3. The van der Waals surface area contributed by atoms with Crippen LogP contribution in [0, 0.1) is 0 Å². The SMILES string of the molecule is O=C(CCc1ccccc1)NCCc1cnc(-c2ccccc2)nc1. The van der Waals surface area contributed by atoms with Crippen LogP contribution in [0.15, 0.2) is 73.1 Å². The molecule has 0 aliphatic heterocycles. The zero-order chi connectivity index (χ0) is 17.3. The van der Waals surface area contributed by atoms with Crippen molar-refractivity contribution in [2.45, 2.75) is 19.3 Å². The highest BCUT2D eigenvalue weighted by molar-refractivity contribution is 5.76. The number of rotatable bonds is 7. The third-order valence-electron chi connectivity index (χ3n) is 3.96. The van der Waals surface area contributed by atoms with Crippen molar-refractivity contribution in [3.05, 3.63) is 84.2 Å². The molecule has 0 spiro atoms. The summed E-state index contributed by atoms with van der Waals surface area (Å²) in [6.45, 7) is 0.599. The first-order valence-electron chi connectivity index (χ1n) is 8.48. The first-order valence-corrected chi connectivity index (χ1v) is 8.48. The second-order valence-electron chi connectivity index (χ2n) is 5.87. The van der Waals surface area contributed by atoms with Gasteiger partial charge in [0.25, 0.3) is 0 Å². The van der Waals surface area contributed by atoms with E-state index in [4.69, 9.17) is 0 Å². The molecule has 0 fully saturated rings. The molecule has 4 heteroatoms. The minimum absolute atomic E-state index is 0.0747. The van der Waals surface area contributed by atoms with Crippen molar-refractivity contribution < 1.29 is 4.79 Å². The lowest BCUT2D eigenvalue weighted by Gasteiger charge is -2.06. The van der Waals surface area contributed by atoms with Crippen LogP contribution in [0.25, 0.3) is 11.4 Å². The third-order valence-corrected chi connectivity index (χ3v) is 3.96. The van der Waals surface area contributed by atoms with E-state index in [1.807, 2.05) is 73.1 Å². The van der Waals surface area contributed by atoms with Gasteiger partial charge in [-0.25, -0.2) is 9.97 Å². The second kappa shape index (κ2) is 8.73. The zero-order valence-electron chi connectivity index (χ0n) is 14.1. The van der Waals surface area contributed by atoms with Crippen molar-refractivity contribution in [1.82, 2.24) is 15.3 Å². The summed E-state index contributed by atoms with van der Waals surface area (Å²) in [5, 5.41) is 2.95. The van der Waals surface area contributed by atoms with Crippen LogP contribution in [0.1, 0.15) is 17.5 Å². The number of benzene rings is 2. The molecule has 0 aliphatic carbocycles. The molecule has 2 aromatic carbocycles. The standard InChI is InChI=1S/C21H21N3O/c25-20(12-11-17-7-3-1-4-8-17)22-14-13-18-15-23-21(24-16-18)19-9-5-2-6-10-19/h1-10,15-16H,11-14H2,(H,22,25). The summed E-state index contributed by atoms with van der Waals surface area (Å²) < 4.78 is 0. The molecular formula is C21H21N3O. The highest BCUT2D eigenvalue weighted by Gasteiger charge is 2.03. The van der Waals surface area contributed by atoms with Gasteiger partial charge in [-0.15, -0.1) is 0 Å². The minimum Gasteiger partial charge on any atom is -0.356 e. The molecule has 126 valence electrons. The fourth-order valence-electron chi connectivity index (χ4n) is 2.56. The van der Waals surface area contributed by atoms with Crippen LogP contribution in [-0.2, 0) is 17.6 Å². The maximum Gasteiger partial charge on any atom is 0.220 e. The topological polar surface area (TPSA) is 54.9 Å². The molecule has 0 unspecified atom stereocenters. The molecule has 1 heterocycles. The van der Waals surface area contributed by atoms with Crippen molar-refractivity contribution in [1.29, 1.82) is 0 Å². The number of carbonyl (C=O) groups excluding carboxylic acids is 1. The quantitative estimate of drug-likeness (QED) is 0.721. The van der Waals surface area contributed by atoms with Crippen LogP contribution < -0.4 is 5.32 Å². The zero-order valence-corrected chi connectivity index (χ0v) is 14.1. The Morgan fingerprint density at radius 2 is 1.44 bits per heavy atom. The number of hydrogen-bond donors (Lipinski definition) is 1. The van der Waals surface area contributed by atoms with Crippen LogP contribution in [0.4, 0.5) is 0 Å². The Balaban J connectivity index is 1.42. The first kappa shape index (κ1) is 16.8. The van der Waals surface area contributed by atoms with Gasteiger partial charge in [-0.05, 0) is 24.0 Å². The number of carbonyl (C=O) groups is 1. The van der Waals surface area contributed by atoms with Gasteiger partial charge >= 0.3 is 0 Å². The Bertz CT molecular complexity index is 786. The van der Waals surface area contributed by atoms with Crippen LogP contribution >= 0.6 is 0 Å². The van der Waals surface area contributed by atoms with Gasteiger partial charge in [0.2, 0.25) is 5.91 Å². The molecule has 3 aromatic rings. The summed E-state index contributed by atoms with van der Waals surface area (Å²) in [6.07, 6.45) is 5.65. The lowest BCUT2D eigenvalue weighted by Crippen LogP contribution is -2.25. The number of nitrogens with zero attached hydrogens (tertiary/aromatic N) is 2. The fraction of sp³-hybridized carbons (Fsp3) is 0.190. The summed E-state index contributed by atoms with van der Waals surface area (Å²) in [6, 6.07) is 19.9. The molecule has 1 amide bonds. The highest BCUT2D eigenvalue weighted by atomic mass is 16.1. The molecule has 0 radical (unpaired) electrons. The van der Waals surface area contributed by atoms with Gasteiger partial charge in [0.05, 0.1) is 0 Å². The minimum atomic E-state index is 0.0747. The summed E-state index contributed by atoms with van der Waals surface area (Å²) >= 11 is 0. The predicted octanol–water partition coefficient (Wildman–Crippen LogP) is 3.44. The van der Waals surface area contributed by atoms with Crippen LogP contribution in [0.2, 0.25) is 0 Å². The first-order chi connectivity index (χ1) is 12.3. The summed E-state index contributed by atoms with van der Waals surface area (Å²) in [5.41, 5.74) is 3.20. The Morgan fingerprint density at radius 1 is 0.800 bits per heavy atom. The lowest BCUT2D eigenvalue weighted by atomic mass is 10.1. The number of amides is 1. The van der Waals surface area contributed by atoms with Gasteiger partial charge in [-0.2, -0.15) is 0 Å². The van der Waals surface area contributed by atoms with Gasteiger partial charge in [0.1, 0.15) is 0 Å². The molecule has 1 aromatic heterocycles. The fourth-order valence-corrected chi connectivity index (χ4v) is 2.56. The van der Waals surface area contributed by atoms with Gasteiger partial charge in [0.15, 0.2) is 5.82 Å². The average Bonchev–Trinajstić information content (AvgIpc) is 2.68. The smallest absolute Gasteiger partial charge is 0.220 e. The normalized spacial score (nSPS) is 10.4. The average molecular weight is 331 g/mol. The molecule has 1 N–H and O–H groups in total. The molecule has 3 rings (SSSR count). The third kappa shape index (κ3) is 5.24. The largest absolute Gasteiger partial charge is 0.356 e. The summed E-state index contributed by atoms with van der Waals surface area (Å²) in [4.78, 5) is 20.7. The lowest BCUT2D eigenvalue weighted by molar-refractivity contribution is -0.121. The van der Waals surface area contributed by atoms with Crippen molar-refractivity contribution in [3.8, 4) is 11.4 Å². The predicted molar refractivity (Wildman–Crippen MR) is 98.9 cm³/mol. The van der Waals surface area contributed by atoms with E-state index in [0.717, 1.165) is 29.8 Å². The Labute approximate surface area is 148 Å². The molecule has 4 nitrogen and oxygen atoms in total. The number of nitrogens with one attached hydrogen (secondary N) is 1. The second-order valence-corrected chi connectivity index (χ2v) is 5.87. The van der Waals surface area contributed by atoms with E-state index in [2.05, 4.69) is 15.3 Å². The van der Waals surface area contributed by atoms with E-state index in [0.29, 0.717) is 13.0 Å². The molecule has 0 bridgehead atoms. The monoisotopic (exact) mass is 331 g/mol. The molecule has 0 atom stereocenters. The Morgan fingerprint density at radius 3 is 2.12 bits per heavy atom. The van der Waals surface area contributed by atoms with E-state index in [9.17, 15) is 4.79 Å². The van der Waals surface area contributed by atoms with Crippen molar-refractivity contribution in [3.63, 3.8) is 0 Å².